The fraction of sp³-hybridized carbons (Fsp3) is 0.286. The molecule has 4 nitrogen and oxygen atoms in total. The van der Waals surface area contributed by atoms with Crippen molar-refractivity contribution in [2.75, 3.05) is 12.4 Å². The third-order valence-electron chi connectivity index (χ3n) is 2.69. The number of ether oxygens (including phenoxy) is 1. The van der Waals surface area contributed by atoms with Gasteiger partial charge in [-0.1, -0.05) is 12.1 Å². The van der Waals surface area contributed by atoms with E-state index in [1.807, 2.05) is 37.3 Å². The van der Waals surface area contributed by atoms with Gasteiger partial charge in [-0.2, -0.15) is 4.37 Å². The molecule has 100 valence electrons. The molecule has 0 unspecified atom stereocenters. The Morgan fingerprint density at radius 3 is 2.68 bits per heavy atom. The van der Waals surface area contributed by atoms with Crippen LogP contribution in [0.25, 0.3) is 0 Å². The second kappa shape index (κ2) is 6.33. The molecular weight excluding hydrogens is 260 g/mol. The maximum absolute atomic E-state index is 11.8. The topological polar surface area (TPSA) is 51.2 Å². The van der Waals surface area contributed by atoms with E-state index in [1.54, 1.807) is 7.11 Å². The van der Waals surface area contributed by atoms with Gasteiger partial charge in [0.05, 0.1) is 12.8 Å². The lowest BCUT2D eigenvalue weighted by Crippen LogP contribution is -2.11. The number of hydrogen-bond acceptors (Lipinski definition) is 4. The van der Waals surface area contributed by atoms with E-state index in [0.29, 0.717) is 12.8 Å². The van der Waals surface area contributed by atoms with Gasteiger partial charge in [-0.25, -0.2) is 0 Å². The van der Waals surface area contributed by atoms with E-state index >= 15 is 0 Å². The van der Waals surface area contributed by atoms with E-state index in [9.17, 15) is 4.79 Å². The van der Waals surface area contributed by atoms with Crippen LogP contribution in [0.15, 0.2) is 30.3 Å². The number of benzene rings is 1. The van der Waals surface area contributed by atoms with Gasteiger partial charge < -0.3 is 10.1 Å². The van der Waals surface area contributed by atoms with Crippen LogP contribution in [0, 0.1) is 6.92 Å². The molecule has 1 N–H and O–H groups in total. The van der Waals surface area contributed by atoms with Crippen molar-refractivity contribution in [2.24, 2.45) is 0 Å². The number of amides is 1. The highest BCUT2D eigenvalue weighted by Gasteiger charge is 2.05. The predicted molar refractivity (Wildman–Crippen MR) is 76.8 cm³/mol. The molecule has 2 rings (SSSR count). The van der Waals surface area contributed by atoms with Crippen LogP contribution in [-0.4, -0.2) is 17.4 Å². The molecule has 1 aromatic heterocycles. The van der Waals surface area contributed by atoms with Gasteiger partial charge in [0.1, 0.15) is 10.8 Å². The predicted octanol–water partition coefficient (Wildman–Crippen LogP) is 3.03. The van der Waals surface area contributed by atoms with Crippen molar-refractivity contribution in [3.63, 3.8) is 0 Å². The third-order valence-corrected chi connectivity index (χ3v) is 3.49. The lowest BCUT2D eigenvalue weighted by molar-refractivity contribution is -0.116. The summed E-state index contributed by atoms with van der Waals surface area (Å²) in [6, 6.07) is 9.63. The quantitative estimate of drug-likeness (QED) is 0.913. The first-order valence-corrected chi connectivity index (χ1v) is 6.81. The first-order chi connectivity index (χ1) is 9.17. The summed E-state index contributed by atoms with van der Waals surface area (Å²) in [4.78, 5) is 11.8. The summed E-state index contributed by atoms with van der Waals surface area (Å²) in [5.74, 6) is 0.841. The van der Waals surface area contributed by atoms with Crippen molar-refractivity contribution in [2.45, 2.75) is 19.8 Å². The van der Waals surface area contributed by atoms with E-state index in [-0.39, 0.29) is 5.91 Å². The molecule has 0 aliphatic rings. The number of nitrogens with one attached hydrogen (secondary N) is 1. The number of aryl methyl sites for hydroxylation is 2. The summed E-state index contributed by atoms with van der Waals surface area (Å²) in [5, 5.41) is 3.65. The summed E-state index contributed by atoms with van der Waals surface area (Å²) in [5.41, 5.74) is 2.05. The van der Waals surface area contributed by atoms with Crippen LogP contribution in [0.3, 0.4) is 0 Å². The second-order valence-electron chi connectivity index (χ2n) is 4.23. The van der Waals surface area contributed by atoms with Crippen LogP contribution in [0.2, 0.25) is 0 Å². The van der Waals surface area contributed by atoms with Crippen molar-refractivity contribution in [3.05, 3.63) is 41.6 Å². The highest BCUT2D eigenvalue weighted by molar-refractivity contribution is 7.10. The standard InChI is InChI=1S/C14H16N2O2S/c1-10-9-14(19-16-10)15-13(17)8-5-11-3-6-12(18-2)7-4-11/h3-4,6-7,9H,5,8H2,1-2H3,(H,15,17). The Morgan fingerprint density at radius 2 is 2.11 bits per heavy atom. The van der Waals surface area contributed by atoms with Gasteiger partial charge in [-0.05, 0) is 48.6 Å². The largest absolute Gasteiger partial charge is 0.497 e. The summed E-state index contributed by atoms with van der Waals surface area (Å²) < 4.78 is 9.21. The maximum atomic E-state index is 11.8. The first kappa shape index (κ1) is 13.5. The van der Waals surface area contributed by atoms with Crippen LogP contribution >= 0.6 is 11.5 Å². The SMILES string of the molecule is COc1ccc(CCC(=O)Nc2cc(C)ns2)cc1. The summed E-state index contributed by atoms with van der Waals surface area (Å²) in [6.45, 7) is 1.91. The average molecular weight is 276 g/mol. The van der Waals surface area contributed by atoms with Gasteiger partial charge in [0, 0.05) is 6.42 Å². The van der Waals surface area contributed by atoms with Gasteiger partial charge in [0.2, 0.25) is 5.91 Å². The highest BCUT2D eigenvalue weighted by Crippen LogP contribution is 2.16. The van der Waals surface area contributed by atoms with Gasteiger partial charge in [0.25, 0.3) is 0 Å². The minimum Gasteiger partial charge on any atom is -0.497 e. The van der Waals surface area contributed by atoms with E-state index in [0.717, 1.165) is 22.0 Å². The zero-order valence-corrected chi connectivity index (χ0v) is 11.8. The molecule has 0 fully saturated rings. The fourth-order valence-corrected chi connectivity index (χ4v) is 2.35. The highest BCUT2D eigenvalue weighted by atomic mass is 32.1. The molecule has 0 aliphatic carbocycles. The van der Waals surface area contributed by atoms with Gasteiger partial charge in [-0.3, -0.25) is 4.79 Å². The fourth-order valence-electron chi connectivity index (χ4n) is 1.67. The number of carbonyl (C=O) groups is 1. The molecule has 0 saturated heterocycles. The van der Waals surface area contributed by atoms with Crippen molar-refractivity contribution < 1.29 is 9.53 Å². The summed E-state index contributed by atoms with van der Waals surface area (Å²) in [6.07, 6.45) is 1.18. The minimum absolute atomic E-state index is 0.0134. The molecule has 1 heterocycles. The van der Waals surface area contributed by atoms with Crippen LogP contribution < -0.4 is 10.1 Å². The molecule has 0 aliphatic heterocycles. The molecule has 1 amide bonds. The van der Waals surface area contributed by atoms with Crippen molar-refractivity contribution >= 4 is 22.4 Å². The summed E-state index contributed by atoms with van der Waals surface area (Å²) in [7, 11) is 1.64. The Morgan fingerprint density at radius 1 is 1.37 bits per heavy atom. The van der Waals surface area contributed by atoms with Crippen molar-refractivity contribution in [1.29, 1.82) is 0 Å². The number of rotatable bonds is 5. The van der Waals surface area contributed by atoms with Gasteiger partial charge >= 0.3 is 0 Å². The molecule has 5 heteroatoms. The lowest BCUT2D eigenvalue weighted by atomic mass is 10.1. The van der Waals surface area contributed by atoms with Gasteiger partial charge in [0.15, 0.2) is 0 Å². The second-order valence-corrected chi connectivity index (χ2v) is 5.03. The molecular formula is C14H16N2O2S. The van der Waals surface area contributed by atoms with Crippen LogP contribution in [0.5, 0.6) is 5.75 Å². The molecule has 0 bridgehead atoms. The Balaban J connectivity index is 1.82. The lowest BCUT2D eigenvalue weighted by Gasteiger charge is -2.04. The first-order valence-electron chi connectivity index (χ1n) is 6.03. The smallest absolute Gasteiger partial charge is 0.225 e. The third kappa shape index (κ3) is 4.06. The zero-order chi connectivity index (χ0) is 13.7. The summed E-state index contributed by atoms with van der Waals surface area (Å²) >= 11 is 1.31. The number of aromatic nitrogens is 1. The molecule has 0 saturated carbocycles. The van der Waals surface area contributed by atoms with Crippen LogP contribution in [0.1, 0.15) is 17.7 Å². The van der Waals surface area contributed by atoms with E-state index < -0.39 is 0 Å². The Kier molecular flexibility index (Phi) is 4.52. The number of nitrogens with zero attached hydrogens (tertiary/aromatic N) is 1. The van der Waals surface area contributed by atoms with E-state index in [4.69, 9.17) is 4.74 Å². The number of methoxy groups -OCH3 is 1. The zero-order valence-electron chi connectivity index (χ0n) is 11.0. The Hall–Kier alpha value is -1.88. The molecule has 0 atom stereocenters. The number of hydrogen-bond donors (Lipinski definition) is 1. The molecule has 0 spiro atoms. The molecule has 2 aromatic rings. The minimum atomic E-state index is 0.0134. The van der Waals surface area contributed by atoms with E-state index in [2.05, 4.69) is 9.69 Å². The molecule has 1 aromatic carbocycles. The van der Waals surface area contributed by atoms with Gasteiger partial charge in [-0.15, -0.1) is 0 Å². The molecule has 19 heavy (non-hydrogen) atoms. The monoisotopic (exact) mass is 276 g/mol. The normalized spacial score (nSPS) is 10.2. The Labute approximate surface area is 116 Å². The molecule has 0 radical (unpaired) electrons. The van der Waals surface area contributed by atoms with Crippen LogP contribution in [-0.2, 0) is 11.2 Å². The Bertz CT molecular complexity index is 549. The van der Waals surface area contributed by atoms with Crippen LogP contribution in [0.4, 0.5) is 5.00 Å². The number of carbonyl (C=O) groups excluding carboxylic acids is 1. The maximum Gasteiger partial charge on any atom is 0.225 e. The van der Waals surface area contributed by atoms with E-state index in [1.165, 1.54) is 11.5 Å². The number of anilines is 1. The van der Waals surface area contributed by atoms with Crippen molar-refractivity contribution in [3.8, 4) is 5.75 Å². The average Bonchev–Trinajstić information content (AvgIpc) is 2.82. The van der Waals surface area contributed by atoms with Crippen molar-refractivity contribution in [1.82, 2.24) is 4.37 Å².